The molecule has 3 aliphatic heterocycles. The van der Waals surface area contributed by atoms with Crippen molar-refractivity contribution in [3.63, 3.8) is 0 Å². The first kappa shape index (κ1) is 28.5. The summed E-state index contributed by atoms with van der Waals surface area (Å²) in [6, 6.07) is 4.10. The van der Waals surface area contributed by atoms with Crippen LogP contribution in [0.25, 0.3) is 0 Å². The lowest BCUT2D eigenvalue weighted by molar-refractivity contribution is -0.178. The van der Waals surface area contributed by atoms with Gasteiger partial charge in [0.15, 0.2) is 17.1 Å². The summed E-state index contributed by atoms with van der Waals surface area (Å²) < 4.78 is 23.1. The number of rotatable bonds is 10. The Morgan fingerprint density at radius 3 is 2.61 bits per heavy atom. The fraction of sp³-hybridized carbons (Fsp3) is 0.688. The summed E-state index contributed by atoms with van der Waals surface area (Å²) in [6.07, 6.45) is 6.78. The molecule has 1 unspecified atom stereocenters. The molecule has 6 rings (SSSR count). The highest BCUT2D eigenvalue weighted by Gasteiger charge is 2.57. The number of fused-ring (bicyclic) bond motifs is 3. The fourth-order valence-corrected chi connectivity index (χ4v) is 7.29. The zero-order valence-corrected chi connectivity index (χ0v) is 24.4. The second-order valence-electron chi connectivity index (χ2n) is 13.4. The molecule has 0 radical (unpaired) electrons. The van der Waals surface area contributed by atoms with E-state index < -0.39 is 35.7 Å². The Morgan fingerprint density at radius 1 is 1.12 bits per heavy atom. The molecular formula is C32H43NO8. The number of nitrogens with zero attached hydrogens (tertiary/aromatic N) is 1. The lowest BCUT2D eigenvalue weighted by Crippen LogP contribution is -2.49. The highest BCUT2D eigenvalue weighted by Crippen LogP contribution is 2.55. The summed E-state index contributed by atoms with van der Waals surface area (Å²) in [5.74, 6) is 0.204. The van der Waals surface area contributed by atoms with Gasteiger partial charge in [-0.1, -0.05) is 6.08 Å². The molecule has 1 saturated heterocycles. The standard InChI is InChI=1S/C32H43NO8/c1-20-16-31-10-5-12-33(31)13-8-22-14-24-25(40-19-39-24)15-23(22)27(31)28(20)41-29(35)32(37,11-4-9-30(2,3)36)17-26(34)38-18-21-6-7-21/h14-16,21,27-28,36-37H,4-13,17-19H2,1-3H3/t27-,28?,31-,32-/m1/s1. The minimum absolute atomic E-state index is 0.0129. The number of ether oxygens (including phenoxy) is 4. The average Bonchev–Trinajstić information content (AvgIpc) is 3.41. The van der Waals surface area contributed by atoms with Gasteiger partial charge < -0.3 is 29.2 Å². The molecule has 5 aliphatic rings. The Morgan fingerprint density at radius 2 is 1.88 bits per heavy atom. The third-order valence-corrected chi connectivity index (χ3v) is 9.59. The van der Waals surface area contributed by atoms with Crippen molar-refractivity contribution in [1.29, 1.82) is 0 Å². The van der Waals surface area contributed by atoms with Gasteiger partial charge in [-0.15, -0.1) is 0 Å². The Labute approximate surface area is 241 Å². The summed E-state index contributed by atoms with van der Waals surface area (Å²) in [4.78, 5) is 29.2. The van der Waals surface area contributed by atoms with Crippen LogP contribution < -0.4 is 9.47 Å². The molecule has 2 fully saturated rings. The minimum atomic E-state index is -2.06. The van der Waals surface area contributed by atoms with Gasteiger partial charge in [-0.25, -0.2) is 4.79 Å². The summed E-state index contributed by atoms with van der Waals surface area (Å²) in [5.41, 5.74) is -0.136. The number of carbonyl (C=O) groups excluding carboxylic acids is 2. The number of hydrogen-bond acceptors (Lipinski definition) is 9. The van der Waals surface area contributed by atoms with Crippen molar-refractivity contribution in [2.75, 3.05) is 26.5 Å². The van der Waals surface area contributed by atoms with Gasteiger partial charge in [0, 0.05) is 12.5 Å². The topological polar surface area (TPSA) is 115 Å². The van der Waals surface area contributed by atoms with Crippen molar-refractivity contribution < 1.29 is 38.7 Å². The quantitative estimate of drug-likeness (QED) is 0.321. The summed E-state index contributed by atoms with van der Waals surface area (Å²) >= 11 is 0. The maximum absolute atomic E-state index is 13.9. The smallest absolute Gasteiger partial charge is 0.339 e. The Bertz CT molecular complexity index is 1230. The van der Waals surface area contributed by atoms with E-state index in [1.54, 1.807) is 13.8 Å². The number of esters is 2. The number of hydrogen-bond donors (Lipinski definition) is 2. The van der Waals surface area contributed by atoms with Crippen molar-refractivity contribution in [3.8, 4) is 11.5 Å². The van der Waals surface area contributed by atoms with Crippen molar-refractivity contribution in [2.45, 2.75) is 107 Å². The molecule has 1 saturated carbocycles. The van der Waals surface area contributed by atoms with Gasteiger partial charge in [-0.3, -0.25) is 9.69 Å². The van der Waals surface area contributed by atoms with E-state index in [0.717, 1.165) is 67.6 Å². The summed E-state index contributed by atoms with van der Waals surface area (Å²) in [5, 5.41) is 21.9. The maximum Gasteiger partial charge on any atom is 0.339 e. The molecule has 4 atom stereocenters. The van der Waals surface area contributed by atoms with Gasteiger partial charge in [-0.05, 0) is 113 Å². The summed E-state index contributed by atoms with van der Waals surface area (Å²) in [6.45, 7) is 7.71. The molecule has 2 aliphatic carbocycles. The first-order valence-electron chi connectivity index (χ1n) is 15.2. The third kappa shape index (κ3) is 5.60. The molecule has 41 heavy (non-hydrogen) atoms. The molecule has 2 N–H and O–H groups in total. The minimum Gasteiger partial charge on any atom is -0.465 e. The molecule has 224 valence electrons. The van der Waals surface area contributed by atoms with Crippen LogP contribution in [-0.2, 0) is 25.5 Å². The van der Waals surface area contributed by atoms with E-state index >= 15 is 0 Å². The normalized spacial score (nSPS) is 28.2. The number of carbonyl (C=O) groups is 2. The van der Waals surface area contributed by atoms with Gasteiger partial charge in [0.05, 0.1) is 24.2 Å². The van der Waals surface area contributed by atoms with Crippen molar-refractivity contribution in [2.24, 2.45) is 5.92 Å². The van der Waals surface area contributed by atoms with Crippen LogP contribution in [0.15, 0.2) is 23.8 Å². The van der Waals surface area contributed by atoms with Gasteiger partial charge in [0.2, 0.25) is 6.79 Å². The number of aliphatic hydroxyl groups is 2. The highest BCUT2D eigenvalue weighted by atomic mass is 16.7. The Hall–Kier alpha value is -2.62. The molecule has 0 aromatic heterocycles. The van der Waals surface area contributed by atoms with E-state index in [4.69, 9.17) is 18.9 Å². The fourth-order valence-electron chi connectivity index (χ4n) is 7.29. The van der Waals surface area contributed by atoms with Crippen molar-refractivity contribution >= 4 is 11.9 Å². The van der Waals surface area contributed by atoms with Gasteiger partial charge in [0.25, 0.3) is 0 Å². The second-order valence-corrected chi connectivity index (χ2v) is 13.4. The first-order chi connectivity index (χ1) is 19.5. The summed E-state index contributed by atoms with van der Waals surface area (Å²) in [7, 11) is 0. The molecule has 1 aromatic carbocycles. The molecule has 9 nitrogen and oxygen atoms in total. The molecular weight excluding hydrogens is 526 g/mol. The lowest BCUT2D eigenvalue weighted by atomic mass is 9.77. The van der Waals surface area contributed by atoms with E-state index in [1.807, 2.05) is 13.0 Å². The zero-order valence-electron chi connectivity index (χ0n) is 24.4. The third-order valence-electron chi connectivity index (χ3n) is 9.59. The molecule has 0 amide bonds. The Kier molecular flexibility index (Phi) is 7.35. The van der Waals surface area contributed by atoms with Crippen LogP contribution in [0, 0.1) is 5.92 Å². The molecule has 0 bridgehead atoms. The first-order valence-corrected chi connectivity index (χ1v) is 15.2. The van der Waals surface area contributed by atoms with Crippen LogP contribution in [-0.4, -0.2) is 76.4 Å². The van der Waals surface area contributed by atoms with Gasteiger partial charge in [-0.2, -0.15) is 0 Å². The monoisotopic (exact) mass is 569 g/mol. The van der Waals surface area contributed by atoms with E-state index in [1.165, 1.54) is 0 Å². The maximum atomic E-state index is 13.9. The molecule has 1 aromatic rings. The zero-order chi connectivity index (χ0) is 29.0. The average molecular weight is 570 g/mol. The molecule has 3 heterocycles. The predicted octanol–water partition coefficient (Wildman–Crippen LogP) is 3.78. The van der Waals surface area contributed by atoms with Crippen LogP contribution in [0.5, 0.6) is 11.5 Å². The van der Waals surface area contributed by atoms with Crippen molar-refractivity contribution in [1.82, 2.24) is 4.90 Å². The highest BCUT2D eigenvalue weighted by molar-refractivity contribution is 5.86. The molecule has 1 spiro atoms. The Balaban J connectivity index is 1.29. The van der Waals surface area contributed by atoms with Gasteiger partial charge >= 0.3 is 11.9 Å². The lowest BCUT2D eigenvalue weighted by Gasteiger charge is -2.40. The van der Waals surface area contributed by atoms with E-state index in [-0.39, 0.29) is 24.7 Å². The SMILES string of the molecule is CC1=C[C@@]23CCCN2CCc2cc4c(cc2[C@@H]3C1OC(=O)[C@@](O)(CCCC(C)(C)O)CC(=O)OCC1CC1)OCO4. The second kappa shape index (κ2) is 10.6. The molecule has 9 heteroatoms. The van der Waals surface area contributed by atoms with Crippen molar-refractivity contribution in [3.05, 3.63) is 34.9 Å². The van der Waals surface area contributed by atoms with E-state index in [2.05, 4.69) is 17.0 Å². The van der Waals surface area contributed by atoms with Crippen LogP contribution in [0.4, 0.5) is 0 Å². The number of benzene rings is 1. The van der Waals surface area contributed by atoms with Crippen LogP contribution >= 0.6 is 0 Å². The van der Waals surface area contributed by atoms with Crippen LogP contribution in [0.2, 0.25) is 0 Å². The van der Waals surface area contributed by atoms with Crippen LogP contribution in [0.3, 0.4) is 0 Å². The van der Waals surface area contributed by atoms with E-state index in [0.29, 0.717) is 31.1 Å². The van der Waals surface area contributed by atoms with Gasteiger partial charge in [0.1, 0.15) is 6.10 Å². The predicted molar refractivity (Wildman–Crippen MR) is 150 cm³/mol. The largest absolute Gasteiger partial charge is 0.465 e. The van der Waals surface area contributed by atoms with E-state index in [9.17, 15) is 19.8 Å². The van der Waals surface area contributed by atoms with Crippen LogP contribution in [0.1, 0.15) is 89.2 Å².